The molecule has 1 aliphatic carbocycles. The summed E-state index contributed by atoms with van der Waals surface area (Å²) in [6.45, 7) is 0. The largest absolute Gasteiger partial charge is 0.480 e. The Balaban J connectivity index is 1.29. The number of ether oxygens (including phenoxy) is 1. The van der Waals surface area contributed by atoms with E-state index >= 15 is 0 Å². The van der Waals surface area contributed by atoms with Gasteiger partial charge in [-0.3, -0.25) is 4.98 Å². The van der Waals surface area contributed by atoms with Gasteiger partial charge in [-0.25, -0.2) is 28.1 Å². The van der Waals surface area contributed by atoms with E-state index in [4.69, 9.17) is 16.3 Å². The van der Waals surface area contributed by atoms with E-state index in [1.807, 2.05) is 24.5 Å². The maximum atomic E-state index is 12.6. The lowest BCUT2D eigenvalue weighted by Crippen LogP contribution is -2.36. The van der Waals surface area contributed by atoms with Gasteiger partial charge in [-0.2, -0.15) is 4.98 Å². The standard InChI is InChI=1S/C26H33ClN8O3S/c1-35(2)21-10-8-20(9-11-21)32-25-29-14-18(15-30-25)6-4-5-7-19-16-31-26(33-24(19)38-3)34-39(36,37)23-17-28-13-12-22(23)27/h5,7,12-17,20-21H,4,6,8-11H2,1-3H3,(H,29,30,32)(H,31,33,34)/b7-5+. The third-order valence-corrected chi connectivity index (χ3v) is 8.38. The van der Waals surface area contributed by atoms with Crippen LogP contribution in [-0.2, 0) is 16.4 Å². The van der Waals surface area contributed by atoms with Crippen LogP contribution in [0.15, 0.2) is 48.0 Å². The summed E-state index contributed by atoms with van der Waals surface area (Å²) in [4.78, 5) is 23.2. The van der Waals surface area contributed by atoms with Gasteiger partial charge in [-0.1, -0.05) is 23.8 Å². The lowest BCUT2D eigenvalue weighted by atomic mass is 9.91. The minimum Gasteiger partial charge on any atom is -0.480 e. The van der Waals surface area contributed by atoms with Crippen molar-refractivity contribution in [3.05, 3.63) is 59.3 Å². The van der Waals surface area contributed by atoms with E-state index in [9.17, 15) is 8.42 Å². The van der Waals surface area contributed by atoms with Crippen molar-refractivity contribution in [2.45, 2.75) is 55.5 Å². The van der Waals surface area contributed by atoms with Gasteiger partial charge in [0.25, 0.3) is 10.0 Å². The van der Waals surface area contributed by atoms with Crippen molar-refractivity contribution in [2.24, 2.45) is 0 Å². The number of aryl methyl sites for hydroxylation is 1. The molecular formula is C26H33ClN8O3S. The van der Waals surface area contributed by atoms with E-state index in [2.05, 4.69) is 54.0 Å². The topological polar surface area (TPSA) is 135 Å². The summed E-state index contributed by atoms with van der Waals surface area (Å²) in [6, 6.07) is 2.47. The van der Waals surface area contributed by atoms with Crippen molar-refractivity contribution >= 4 is 39.6 Å². The van der Waals surface area contributed by atoms with Crippen molar-refractivity contribution in [3.63, 3.8) is 0 Å². The molecule has 0 aromatic carbocycles. The fourth-order valence-electron chi connectivity index (χ4n) is 4.38. The molecule has 39 heavy (non-hydrogen) atoms. The van der Waals surface area contributed by atoms with Gasteiger partial charge in [-0.15, -0.1) is 0 Å². The molecular weight excluding hydrogens is 540 g/mol. The molecule has 11 nitrogen and oxygen atoms in total. The van der Waals surface area contributed by atoms with Gasteiger partial charge in [0.15, 0.2) is 0 Å². The fourth-order valence-corrected chi connectivity index (χ4v) is 5.76. The second-order valence-electron chi connectivity index (χ2n) is 9.54. The summed E-state index contributed by atoms with van der Waals surface area (Å²) in [7, 11) is 1.73. The van der Waals surface area contributed by atoms with Crippen LogP contribution in [0.2, 0.25) is 5.02 Å². The molecule has 2 N–H and O–H groups in total. The molecule has 1 saturated carbocycles. The summed E-state index contributed by atoms with van der Waals surface area (Å²) in [5.41, 5.74) is 1.64. The number of rotatable bonds is 11. The first kappa shape index (κ1) is 28.7. The van der Waals surface area contributed by atoms with Gasteiger partial charge in [0.05, 0.1) is 17.7 Å². The van der Waals surface area contributed by atoms with E-state index < -0.39 is 10.0 Å². The highest BCUT2D eigenvalue weighted by Gasteiger charge is 2.23. The number of hydrogen-bond acceptors (Lipinski definition) is 10. The normalized spacial score (nSPS) is 17.9. The zero-order chi connectivity index (χ0) is 27.8. The number of nitrogens with zero attached hydrogens (tertiary/aromatic N) is 6. The Hall–Kier alpha value is -3.35. The Kier molecular flexibility index (Phi) is 9.65. The van der Waals surface area contributed by atoms with Gasteiger partial charge >= 0.3 is 0 Å². The Bertz CT molecular complexity index is 1380. The number of pyridine rings is 1. The van der Waals surface area contributed by atoms with E-state index in [1.165, 1.54) is 38.4 Å². The van der Waals surface area contributed by atoms with Crippen LogP contribution < -0.4 is 14.8 Å². The predicted octanol–water partition coefficient (Wildman–Crippen LogP) is 4.06. The molecule has 13 heteroatoms. The first-order valence-corrected chi connectivity index (χ1v) is 14.5. The molecule has 0 bridgehead atoms. The summed E-state index contributed by atoms with van der Waals surface area (Å²) < 4.78 is 32.9. The molecule has 0 aliphatic heterocycles. The summed E-state index contributed by atoms with van der Waals surface area (Å²) >= 11 is 5.99. The van der Waals surface area contributed by atoms with Gasteiger partial charge < -0.3 is 15.0 Å². The first-order valence-electron chi connectivity index (χ1n) is 12.7. The summed E-state index contributed by atoms with van der Waals surface area (Å²) in [5.74, 6) is 0.765. The highest BCUT2D eigenvalue weighted by molar-refractivity contribution is 7.92. The molecule has 0 atom stereocenters. The molecule has 0 unspecified atom stereocenters. The number of nitrogens with one attached hydrogen (secondary N) is 2. The van der Waals surface area contributed by atoms with E-state index in [0.717, 1.165) is 37.4 Å². The van der Waals surface area contributed by atoms with Crippen molar-refractivity contribution in [3.8, 4) is 5.88 Å². The van der Waals surface area contributed by atoms with Crippen LogP contribution in [0.4, 0.5) is 11.9 Å². The highest BCUT2D eigenvalue weighted by Crippen LogP contribution is 2.25. The number of hydrogen-bond donors (Lipinski definition) is 2. The molecule has 4 rings (SSSR count). The molecule has 208 valence electrons. The van der Waals surface area contributed by atoms with Crippen LogP contribution in [0.1, 0.15) is 43.2 Å². The number of halogens is 1. The van der Waals surface area contributed by atoms with Crippen molar-refractivity contribution in [1.29, 1.82) is 0 Å². The Morgan fingerprint density at radius 2 is 1.79 bits per heavy atom. The average molecular weight is 573 g/mol. The minimum absolute atomic E-state index is 0.0443. The quantitative estimate of drug-likeness (QED) is 0.346. The highest BCUT2D eigenvalue weighted by atomic mass is 35.5. The second-order valence-corrected chi connectivity index (χ2v) is 11.6. The van der Waals surface area contributed by atoms with Crippen LogP contribution in [0.3, 0.4) is 0 Å². The smallest absolute Gasteiger partial charge is 0.267 e. The maximum Gasteiger partial charge on any atom is 0.267 e. The van der Waals surface area contributed by atoms with Crippen LogP contribution in [0.25, 0.3) is 6.08 Å². The molecule has 3 heterocycles. The molecule has 1 aliphatic rings. The van der Waals surface area contributed by atoms with Gasteiger partial charge in [-0.05, 0) is 64.3 Å². The molecule has 0 radical (unpaired) electrons. The molecule has 0 saturated heterocycles. The zero-order valence-electron chi connectivity index (χ0n) is 22.2. The van der Waals surface area contributed by atoms with Crippen LogP contribution in [0.5, 0.6) is 5.88 Å². The number of methoxy groups -OCH3 is 1. The Morgan fingerprint density at radius 1 is 1.08 bits per heavy atom. The van der Waals surface area contributed by atoms with E-state index in [0.29, 0.717) is 23.6 Å². The first-order chi connectivity index (χ1) is 18.7. The molecule has 1 fully saturated rings. The van der Waals surface area contributed by atoms with E-state index in [-0.39, 0.29) is 21.7 Å². The van der Waals surface area contributed by atoms with E-state index in [1.54, 1.807) is 0 Å². The SMILES string of the molecule is COc1nc(NS(=O)(=O)c2cnccc2Cl)ncc1/C=C/CCc1cnc(NC2CCC(N(C)C)CC2)nc1. The minimum atomic E-state index is -4.01. The molecule has 0 amide bonds. The third kappa shape index (κ3) is 7.84. The van der Waals surface area contributed by atoms with Crippen LogP contribution in [0, 0.1) is 0 Å². The molecule has 3 aromatic heterocycles. The summed E-state index contributed by atoms with van der Waals surface area (Å²) in [6.07, 6.45) is 17.7. The van der Waals surface area contributed by atoms with Gasteiger partial charge in [0.2, 0.25) is 17.8 Å². The fraction of sp³-hybridized carbons (Fsp3) is 0.423. The average Bonchev–Trinajstić information content (AvgIpc) is 2.92. The maximum absolute atomic E-state index is 12.6. The molecule has 3 aromatic rings. The zero-order valence-corrected chi connectivity index (χ0v) is 23.8. The van der Waals surface area contributed by atoms with Gasteiger partial charge in [0.1, 0.15) is 4.90 Å². The van der Waals surface area contributed by atoms with Crippen LogP contribution in [-0.4, -0.2) is 71.5 Å². The lowest BCUT2D eigenvalue weighted by molar-refractivity contribution is 0.221. The predicted molar refractivity (Wildman–Crippen MR) is 151 cm³/mol. The lowest BCUT2D eigenvalue weighted by Gasteiger charge is -2.32. The Morgan fingerprint density at radius 3 is 2.46 bits per heavy atom. The third-order valence-electron chi connectivity index (χ3n) is 6.59. The number of allylic oxidation sites excluding steroid dienone is 1. The second kappa shape index (κ2) is 13.1. The van der Waals surface area contributed by atoms with Crippen molar-refractivity contribution in [1.82, 2.24) is 29.8 Å². The number of anilines is 2. The summed E-state index contributed by atoms with van der Waals surface area (Å²) in [5, 5.41) is 3.51. The van der Waals surface area contributed by atoms with Crippen molar-refractivity contribution in [2.75, 3.05) is 31.2 Å². The monoisotopic (exact) mass is 572 g/mol. The number of aromatic nitrogens is 5. The molecule has 0 spiro atoms. The number of sulfonamides is 1. The van der Waals surface area contributed by atoms with Crippen molar-refractivity contribution < 1.29 is 13.2 Å². The van der Waals surface area contributed by atoms with Crippen LogP contribution >= 0.6 is 11.6 Å². The Labute approximate surface area is 234 Å². The van der Waals surface area contributed by atoms with Gasteiger partial charge in [0, 0.05) is 43.1 Å².